The van der Waals surface area contributed by atoms with Gasteiger partial charge in [0.1, 0.15) is 0 Å². The van der Waals surface area contributed by atoms with Crippen molar-refractivity contribution in [3.05, 3.63) is 72.3 Å². The van der Waals surface area contributed by atoms with Crippen molar-refractivity contribution in [2.24, 2.45) is 0 Å². The fourth-order valence-electron chi connectivity index (χ4n) is 4.28. The van der Waals surface area contributed by atoms with Crippen LogP contribution in [0.15, 0.2) is 66.7 Å². The lowest BCUT2D eigenvalue weighted by Crippen LogP contribution is -2.25. The Morgan fingerprint density at radius 1 is 0.906 bits per heavy atom. The number of nitrogens with zero attached hydrogens (tertiary/aromatic N) is 4. The molecule has 2 aromatic heterocycles. The lowest BCUT2D eigenvalue weighted by atomic mass is 10.0. The topological polar surface area (TPSA) is 89.2 Å². The molecule has 1 aliphatic carbocycles. The van der Waals surface area contributed by atoms with Gasteiger partial charge in [-0.25, -0.2) is 8.42 Å². The molecule has 1 N–H and O–H groups in total. The van der Waals surface area contributed by atoms with E-state index in [1.165, 1.54) is 0 Å². The monoisotopic (exact) mass is 447 g/mol. The molecular formula is C24H25N5O2S. The van der Waals surface area contributed by atoms with E-state index >= 15 is 0 Å². The summed E-state index contributed by atoms with van der Waals surface area (Å²) in [6, 6.07) is 21.0. The van der Waals surface area contributed by atoms with E-state index in [1.54, 1.807) is 4.52 Å². The maximum Gasteiger partial charge on any atom is 0.185 e. The first kappa shape index (κ1) is 20.6. The molecule has 0 radical (unpaired) electrons. The van der Waals surface area contributed by atoms with E-state index in [2.05, 4.69) is 20.6 Å². The highest BCUT2D eigenvalue weighted by Crippen LogP contribution is 2.27. The fraction of sp³-hybridized carbons (Fsp3) is 0.292. The predicted molar refractivity (Wildman–Crippen MR) is 125 cm³/mol. The van der Waals surface area contributed by atoms with Gasteiger partial charge in [-0.2, -0.15) is 4.52 Å². The molecule has 1 fully saturated rings. The van der Waals surface area contributed by atoms with Crippen molar-refractivity contribution in [2.45, 2.75) is 43.1 Å². The van der Waals surface area contributed by atoms with Crippen LogP contribution >= 0.6 is 0 Å². The second kappa shape index (κ2) is 8.70. The molecule has 0 aliphatic heterocycles. The van der Waals surface area contributed by atoms with E-state index in [-0.39, 0.29) is 11.0 Å². The van der Waals surface area contributed by atoms with Gasteiger partial charge in [-0.15, -0.1) is 15.3 Å². The molecule has 0 unspecified atom stereocenters. The Labute approximate surface area is 187 Å². The van der Waals surface area contributed by atoms with Crippen molar-refractivity contribution >= 4 is 27.0 Å². The zero-order valence-corrected chi connectivity index (χ0v) is 18.5. The minimum Gasteiger partial charge on any atom is -0.339 e. The summed E-state index contributed by atoms with van der Waals surface area (Å²) in [6.07, 6.45) is 4.72. The van der Waals surface area contributed by atoms with Crippen LogP contribution in [0.2, 0.25) is 0 Å². The lowest BCUT2D eigenvalue weighted by Gasteiger charge is -2.21. The van der Waals surface area contributed by atoms with E-state index in [0.717, 1.165) is 48.9 Å². The number of aromatic nitrogens is 4. The van der Waals surface area contributed by atoms with Gasteiger partial charge in [-0.3, -0.25) is 0 Å². The van der Waals surface area contributed by atoms with Crippen LogP contribution in [0.5, 0.6) is 0 Å². The van der Waals surface area contributed by atoms with Crippen LogP contribution in [0.3, 0.4) is 0 Å². The minimum atomic E-state index is -3.15. The molecule has 164 valence electrons. The van der Waals surface area contributed by atoms with Crippen molar-refractivity contribution in [3.8, 4) is 11.4 Å². The Morgan fingerprint density at radius 3 is 2.53 bits per heavy atom. The van der Waals surface area contributed by atoms with Crippen LogP contribution in [0, 0.1) is 0 Å². The van der Waals surface area contributed by atoms with E-state index < -0.39 is 9.84 Å². The first-order valence-electron chi connectivity index (χ1n) is 10.9. The molecule has 2 aromatic carbocycles. The summed E-state index contributed by atoms with van der Waals surface area (Å²) >= 11 is 0. The first-order valence-corrected chi connectivity index (χ1v) is 12.7. The number of hydrogen-bond acceptors (Lipinski definition) is 6. The van der Waals surface area contributed by atoms with Crippen LogP contribution in [-0.2, 0) is 15.6 Å². The molecule has 0 amide bonds. The molecule has 2 heterocycles. The van der Waals surface area contributed by atoms with Crippen LogP contribution in [0.4, 0.5) is 11.5 Å². The number of nitrogens with one attached hydrogen (secondary N) is 1. The maximum atomic E-state index is 12.9. The quantitative estimate of drug-likeness (QED) is 0.457. The van der Waals surface area contributed by atoms with Crippen LogP contribution in [-0.4, -0.2) is 33.5 Å². The molecular weight excluding hydrogens is 422 g/mol. The lowest BCUT2D eigenvalue weighted by molar-refractivity contribution is 0.483. The SMILES string of the molecule is O=S(=O)(Cc1cccc(Nc2ccc3nnc(-c4ccccc4)n3n2)c1)C1CCCCC1. The van der Waals surface area contributed by atoms with Crippen LogP contribution < -0.4 is 5.32 Å². The summed E-state index contributed by atoms with van der Waals surface area (Å²) < 4.78 is 27.4. The fourth-order valence-corrected chi connectivity index (χ4v) is 6.22. The van der Waals surface area contributed by atoms with Crippen molar-refractivity contribution in [1.82, 2.24) is 19.8 Å². The molecule has 32 heavy (non-hydrogen) atoms. The summed E-state index contributed by atoms with van der Waals surface area (Å²) in [5.41, 5.74) is 3.17. The van der Waals surface area contributed by atoms with Crippen molar-refractivity contribution in [3.63, 3.8) is 0 Å². The molecule has 0 bridgehead atoms. The van der Waals surface area contributed by atoms with Crippen LogP contribution in [0.25, 0.3) is 17.0 Å². The summed E-state index contributed by atoms with van der Waals surface area (Å²) in [5.74, 6) is 1.36. The van der Waals surface area contributed by atoms with Gasteiger partial charge in [0, 0.05) is 11.3 Å². The van der Waals surface area contributed by atoms with Gasteiger partial charge in [0.25, 0.3) is 0 Å². The Morgan fingerprint density at radius 2 is 1.72 bits per heavy atom. The van der Waals surface area contributed by atoms with E-state index in [0.29, 0.717) is 17.3 Å². The average molecular weight is 448 g/mol. The number of fused-ring (bicyclic) bond motifs is 1. The van der Waals surface area contributed by atoms with Gasteiger partial charge in [0.15, 0.2) is 27.1 Å². The summed E-state index contributed by atoms with van der Waals surface area (Å²) in [7, 11) is -3.15. The standard InChI is InChI=1S/C24H25N5O2S/c30-32(31,21-12-5-2-6-13-21)17-18-8-7-11-20(16-18)25-22-14-15-23-26-27-24(29(23)28-22)19-9-3-1-4-10-19/h1,3-4,7-11,14-16,21H,2,5-6,12-13,17H2,(H,25,28). The first-order chi connectivity index (χ1) is 15.6. The van der Waals surface area contributed by atoms with Crippen molar-refractivity contribution < 1.29 is 8.42 Å². The van der Waals surface area contributed by atoms with Gasteiger partial charge >= 0.3 is 0 Å². The molecule has 4 aromatic rings. The smallest absolute Gasteiger partial charge is 0.185 e. The number of hydrogen-bond donors (Lipinski definition) is 1. The number of rotatable bonds is 6. The molecule has 8 heteroatoms. The molecule has 0 saturated heterocycles. The van der Waals surface area contributed by atoms with E-state index in [1.807, 2.05) is 66.7 Å². The Balaban J connectivity index is 1.37. The second-order valence-electron chi connectivity index (χ2n) is 8.27. The van der Waals surface area contributed by atoms with Crippen molar-refractivity contribution in [2.75, 3.05) is 5.32 Å². The Bertz CT molecular complexity index is 1330. The zero-order chi connectivity index (χ0) is 22.0. The summed E-state index contributed by atoms with van der Waals surface area (Å²) in [6.45, 7) is 0. The maximum absolute atomic E-state index is 12.9. The third-order valence-corrected chi connectivity index (χ3v) is 8.14. The molecule has 1 saturated carbocycles. The largest absolute Gasteiger partial charge is 0.339 e. The zero-order valence-electron chi connectivity index (χ0n) is 17.7. The molecule has 0 spiro atoms. The third kappa shape index (κ3) is 4.36. The molecule has 5 rings (SSSR count). The summed E-state index contributed by atoms with van der Waals surface area (Å²) in [4.78, 5) is 0. The number of anilines is 2. The summed E-state index contributed by atoms with van der Waals surface area (Å²) in [5, 5.41) is 16.2. The number of benzene rings is 2. The highest BCUT2D eigenvalue weighted by Gasteiger charge is 2.27. The van der Waals surface area contributed by atoms with Crippen molar-refractivity contribution in [1.29, 1.82) is 0 Å². The number of sulfone groups is 1. The average Bonchev–Trinajstić information content (AvgIpc) is 3.23. The molecule has 0 atom stereocenters. The van der Waals surface area contributed by atoms with E-state index in [4.69, 9.17) is 0 Å². The van der Waals surface area contributed by atoms with Gasteiger partial charge in [0.05, 0.1) is 11.0 Å². The van der Waals surface area contributed by atoms with Gasteiger partial charge < -0.3 is 5.32 Å². The molecule has 1 aliphatic rings. The van der Waals surface area contributed by atoms with Gasteiger partial charge in [-0.05, 0) is 42.7 Å². The normalized spacial score (nSPS) is 15.1. The Kier molecular flexibility index (Phi) is 5.61. The second-order valence-corrected chi connectivity index (χ2v) is 10.6. The van der Waals surface area contributed by atoms with Gasteiger partial charge in [-0.1, -0.05) is 61.7 Å². The highest BCUT2D eigenvalue weighted by atomic mass is 32.2. The van der Waals surface area contributed by atoms with E-state index in [9.17, 15) is 8.42 Å². The third-order valence-electron chi connectivity index (χ3n) is 5.92. The Hall–Kier alpha value is -3.26. The minimum absolute atomic E-state index is 0.0727. The highest BCUT2D eigenvalue weighted by molar-refractivity contribution is 7.91. The molecule has 7 nitrogen and oxygen atoms in total. The van der Waals surface area contributed by atoms with Gasteiger partial charge in [0.2, 0.25) is 0 Å². The predicted octanol–water partition coefficient (Wildman–Crippen LogP) is 4.78. The van der Waals surface area contributed by atoms with Crippen LogP contribution in [0.1, 0.15) is 37.7 Å².